The smallest absolute Gasteiger partial charge is 0.272 e. The largest absolute Gasteiger partial charge is 0.455 e. The van der Waals surface area contributed by atoms with Gasteiger partial charge >= 0.3 is 0 Å². The third-order valence-corrected chi connectivity index (χ3v) is 5.90. The van der Waals surface area contributed by atoms with Crippen molar-refractivity contribution >= 4 is 29.8 Å². The Bertz CT molecular complexity index is 1360. The monoisotopic (exact) mass is 477 g/mol. The van der Waals surface area contributed by atoms with Crippen molar-refractivity contribution in [3.63, 3.8) is 0 Å². The molecule has 34 heavy (non-hydrogen) atoms. The molecule has 4 rings (SSSR count). The van der Waals surface area contributed by atoms with Gasteiger partial charge in [0.05, 0.1) is 16.9 Å². The molecule has 0 aliphatic carbocycles. The predicted octanol–water partition coefficient (Wildman–Crippen LogP) is 3.77. The number of carbonyl (C=O) groups excluding carboxylic acids is 1. The van der Waals surface area contributed by atoms with Crippen LogP contribution in [0.25, 0.3) is 22.7 Å². The highest BCUT2D eigenvalue weighted by Gasteiger charge is 2.17. The van der Waals surface area contributed by atoms with Crippen LogP contribution in [0.15, 0.2) is 64.1 Å². The number of hydrazone groups is 1. The molecule has 2 heterocycles. The van der Waals surface area contributed by atoms with Gasteiger partial charge in [-0.05, 0) is 60.0 Å². The lowest BCUT2D eigenvalue weighted by Crippen LogP contribution is -2.20. The Kier molecular flexibility index (Phi) is 6.78. The summed E-state index contributed by atoms with van der Waals surface area (Å²) in [4.78, 5) is 22.9. The summed E-state index contributed by atoms with van der Waals surface area (Å²) >= 11 is 1.13. The lowest BCUT2D eigenvalue weighted by atomic mass is 10.00. The van der Waals surface area contributed by atoms with Gasteiger partial charge in [0.1, 0.15) is 11.5 Å². The Morgan fingerprint density at radius 1 is 1.18 bits per heavy atom. The average molecular weight is 478 g/mol. The number of aromatic nitrogens is 4. The van der Waals surface area contributed by atoms with Crippen molar-refractivity contribution in [3.8, 4) is 22.7 Å². The van der Waals surface area contributed by atoms with Crippen LogP contribution in [0.5, 0.6) is 0 Å². The van der Waals surface area contributed by atoms with E-state index in [1.807, 2.05) is 30.3 Å². The van der Waals surface area contributed by atoms with E-state index in [1.54, 1.807) is 32.0 Å². The van der Waals surface area contributed by atoms with Crippen LogP contribution in [0.3, 0.4) is 0 Å². The molecule has 1 N–H and O–H groups in total. The molecule has 12 heteroatoms. The Balaban J connectivity index is 1.35. The highest BCUT2D eigenvalue weighted by molar-refractivity contribution is 7.98. The van der Waals surface area contributed by atoms with Gasteiger partial charge in [-0.15, -0.1) is 5.10 Å². The third-order valence-electron chi connectivity index (χ3n) is 5.02. The van der Waals surface area contributed by atoms with Gasteiger partial charge in [0.15, 0.2) is 5.82 Å². The molecule has 0 aliphatic heterocycles. The van der Waals surface area contributed by atoms with Gasteiger partial charge in [-0.25, -0.2) is 5.43 Å². The van der Waals surface area contributed by atoms with E-state index in [-0.39, 0.29) is 17.3 Å². The Labute approximate surface area is 198 Å². The van der Waals surface area contributed by atoms with Gasteiger partial charge in [-0.2, -0.15) is 9.19 Å². The minimum atomic E-state index is -0.408. The minimum Gasteiger partial charge on any atom is -0.455 e. The lowest BCUT2D eigenvalue weighted by Gasteiger charge is -2.06. The zero-order valence-corrected chi connectivity index (χ0v) is 19.0. The summed E-state index contributed by atoms with van der Waals surface area (Å²) in [5.41, 5.74) is 5.42. The molecule has 2 aromatic heterocycles. The maximum atomic E-state index is 12.2. The molecule has 4 aromatic rings. The summed E-state index contributed by atoms with van der Waals surface area (Å²) in [5, 5.41) is 26.6. The molecule has 0 atom stereocenters. The van der Waals surface area contributed by atoms with Crippen molar-refractivity contribution in [1.29, 1.82) is 0 Å². The topological polar surface area (TPSA) is 141 Å². The molecule has 0 spiro atoms. The van der Waals surface area contributed by atoms with Crippen LogP contribution >= 0.6 is 11.9 Å². The molecule has 172 valence electrons. The van der Waals surface area contributed by atoms with Crippen molar-refractivity contribution in [2.75, 3.05) is 5.75 Å². The first-order valence-electron chi connectivity index (χ1n) is 10.1. The summed E-state index contributed by atoms with van der Waals surface area (Å²) < 4.78 is 7.24. The first kappa shape index (κ1) is 22.9. The van der Waals surface area contributed by atoms with Crippen LogP contribution in [-0.2, 0) is 4.79 Å². The van der Waals surface area contributed by atoms with E-state index in [1.165, 1.54) is 16.4 Å². The Morgan fingerprint density at radius 2 is 1.97 bits per heavy atom. The molecule has 0 fully saturated rings. The SMILES string of the molecule is Cc1c(-c2ccc(/C=N\NC(=O)CSn3nnnc3-c3ccccc3)o2)ccc([N+](=O)[O-])c1C. The zero-order chi connectivity index (χ0) is 24.1. The maximum Gasteiger partial charge on any atom is 0.272 e. The molecule has 0 saturated heterocycles. The summed E-state index contributed by atoms with van der Waals surface area (Å²) in [6.45, 7) is 3.51. The van der Waals surface area contributed by atoms with Crippen LogP contribution in [0.4, 0.5) is 5.69 Å². The number of rotatable bonds is 8. The number of nitrogens with one attached hydrogen (secondary N) is 1. The quantitative estimate of drug-likeness (QED) is 0.230. The number of benzene rings is 2. The average Bonchev–Trinajstić information content (AvgIpc) is 3.49. The number of hydrogen-bond acceptors (Lipinski definition) is 9. The van der Waals surface area contributed by atoms with E-state index in [0.717, 1.165) is 28.6 Å². The predicted molar refractivity (Wildman–Crippen MR) is 127 cm³/mol. The number of carbonyl (C=O) groups is 1. The lowest BCUT2D eigenvalue weighted by molar-refractivity contribution is -0.385. The van der Waals surface area contributed by atoms with Crippen molar-refractivity contribution < 1.29 is 14.1 Å². The fourth-order valence-electron chi connectivity index (χ4n) is 3.18. The zero-order valence-electron chi connectivity index (χ0n) is 18.2. The van der Waals surface area contributed by atoms with Gasteiger partial charge in [0.2, 0.25) is 0 Å². The number of amides is 1. The van der Waals surface area contributed by atoms with E-state index in [0.29, 0.717) is 22.9 Å². The Hall–Kier alpha value is -4.32. The molecule has 0 bridgehead atoms. The van der Waals surface area contributed by atoms with Crippen LogP contribution < -0.4 is 5.43 Å². The molecular formula is C22H19N7O4S. The molecule has 1 amide bonds. The van der Waals surface area contributed by atoms with Gasteiger partial charge in [0.25, 0.3) is 11.6 Å². The number of nitro benzene ring substituents is 1. The number of tetrazole rings is 1. The summed E-state index contributed by atoms with van der Waals surface area (Å²) in [6.07, 6.45) is 1.38. The number of nitro groups is 1. The fourth-order valence-corrected chi connectivity index (χ4v) is 3.83. The van der Waals surface area contributed by atoms with E-state index in [2.05, 4.69) is 26.1 Å². The number of nitrogens with zero attached hydrogens (tertiary/aromatic N) is 6. The van der Waals surface area contributed by atoms with Crippen LogP contribution in [0.1, 0.15) is 16.9 Å². The fraction of sp³-hybridized carbons (Fsp3) is 0.136. The number of furan rings is 1. The second kappa shape index (κ2) is 10.1. The highest BCUT2D eigenvalue weighted by Crippen LogP contribution is 2.31. The summed E-state index contributed by atoms with van der Waals surface area (Å²) in [6, 6.07) is 16.0. The van der Waals surface area contributed by atoms with Crippen molar-refractivity contribution in [2.24, 2.45) is 5.10 Å². The second-order valence-electron chi connectivity index (χ2n) is 7.15. The van der Waals surface area contributed by atoms with Crippen LogP contribution in [0, 0.1) is 24.0 Å². The van der Waals surface area contributed by atoms with Gasteiger partial charge in [0, 0.05) is 22.8 Å². The number of hydrogen-bond donors (Lipinski definition) is 1. The second-order valence-corrected chi connectivity index (χ2v) is 8.04. The molecule has 0 saturated carbocycles. The maximum absolute atomic E-state index is 12.2. The normalized spacial score (nSPS) is 11.1. The standard InChI is InChI=1S/C22H19N7O4S/c1-14-15(2)19(29(31)32)10-9-18(14)20-11-8-17(33-20)12-23-24-21(30)13-34-28-22(25-26-27-28)16-6-4-3-5-7-16/h3-12H,13H2,1-2H3,(H,24,30)/b23-12-. The van der Waals surface area contributed by atoms with E-state index >= 15 is 0 Å². The van der Waals surface area contributed by atoms with Crippen molar-refractivity contribution in [1.82, 2.24) is 25.0 Å². The highest BCUT2D eigenvalue weighted by atomic mass is 32.2. The minimum absolute atomic E-state index is 0.0485. The van der Waals surface area contributed by atoms with Crippen molar-refractivity contribution in [3.05, 3.63) is 81.6 Å². The van der Waals surface area contributed by atoms with Gasteiger partial charge in [-0.3, -0.25) is 14.9 Å². The van der Waals surface area contributed by atoms with Crippen molar-refractivity contribution in [2.45, 2.75) is 13.8 Å². The van der Waals surface area contributed by atoms with E-state index < -0.39 is 4.92 Å². The third kappa shape index (κ3) is 5.02. The first-order chi connectivity index (χ1) is 16.4. The van der Waals surface area contributed by atoms with E-state index in [9.17, 15) is 14.9 Å². The molecule has 0 radical (unpaired) electrons. The Morgan fingerprint density at radius 3 is 2.74 bits per heavy atom. The van der Waals surface area contributed by atoms with Crippen LogP contribution in [0.2, 0.25) is 0 Å². The summed E-state index contributed by atoms with van der Waals surface area (Å²) in [7, 11) is 0. The summed E-state index contributed by atoms with van der Waals surface area (Å²) in [5.74, 6) is 1.22. The molecule has 0 unspecified atom stereocenters. The van der Waals surface area contributed by atoms with Gasteiger partial charge in [-0.1, -0.05) is 30.3 Å². The van der Waals surface area contributed by atoms with Gasteiger partial charge < -0.3 is 4.42 Å². The first-order valence-corrected chi connectivity index (χ1v) is 11.0. The molecule has 0 aliphatic rings. The molecule has 11 nitrogen and oxygen atoms in total. The molecule has 2 aromatic carbocycles. The van der Waals surface area contributed by atoms with E-state index in [4.69, 9.17) is 4.42 Å². The molecular weight excluding hydrogens is 458 g/mol. The van der Waals surface area contributed by atoms with Crippen LogP contribution in [-0.4, -0.2) is 42.4 Å².